The van der Waals surface area contributed by atoms with Crippen molar-refractivity contribution in [2.45, 2.75) is 51.1 Å². The molecule has 0 bridgehead atoms. The zero-order valence-corrected chi connectivity index (χ0v) is 14.3. The monoisotopic (exact) mass is 317 g/mol. The molecule has 2 atom stereocenters. The molecule has 1 unspecified atom stereocenters. The summed E-state index contributed by atoms with van der Waals surface area (Å²) in [5.74, 6) is 0.843. The summed E-state index contributed by atoms with van der Waals surface area (Å²) < 4.78 is 5.86. The van der Waals surface area contributed by atoms with Crippen LogP contribution in [0.2, 0.25) is 0 Å². The van der Waals surface area contributed by atoms with Crippen LogP contribution in [0.5, 0.6) is 5.88 Å². The second-order valence-corrected chi connectivity index (χ2v) is 7.16. The molecule has 1 amide bonds. The van der Waals surface area contributed by atoms with Gasteiger partial charge in [0.25, 0.3) is 0 Å². The van der Waals surface area contributed by atoms with Gasteiger partial charge in [0.1, 0.15) is 6.61 Å². The smallest absolute Gasteiger partial charge is 0.224 e. The highest BCUT2D eigenvalue weighted by Gasteiger charge is 2.46. The number of aryl methyl sites for hydroxylation is 1. The Morgan fingerprint density at radius 2 is 2.35 bits per heavy atom. The molecular weight excluding hydrogens is 290 g/mol. The highest BCUT2D eigenvalue weighted by molar-refractivity contribution is 5.80. The number of hydrogen-bond acceptors (Lipinski definition) is 4. The van der Waals surface area contributed by atoms with Crippen LogP contribution in [0, 0.1) is 12.8 Å². The van der Waals surface area contributed by atoms with Gasteiger partial charge in [-0.3, -0.25) is 4.79 Å². The molecule has 1 saturated heterocycles. The highest BCUT2D eigenvalue weighted by Crippen LogP contribution is 2.37. The number of ether oxygens (including phenoxy) is 1. The lowest BCUT2D eigenvalue weighted by atomic mass is 9.98. The molecule has 0 radical (unpaired) electrons. The molecule has 1 saturated carbocycles. The lowest BCUT2D eigenvalue weighted by molar-refractivity contribution is -0.127. The van der Waals surface area contributed by atoms with E-state index in [9.17, 15) is 4.79 Å². The molecule has 5 heteroatoms. The molecule has 1 N–H and O–H groups in total. The Labute approximate surface area is 138 Å². The first kappa shape index (κ1) is 16.2. The largest absolute Gasteiger partial charge is 0.475 e. The standard InChI is InChI=1S/C18H27N3O2/c1-13-6-4-10-19-17(13)23-12-18(8-9-18)20-16(22)14(2)15-7-5-11-21(15)3/h4,6,10,14-15H,5,7-9,11-12H2,1-3H3,(H,20,22)/t14-,15?/m0/s1. The third-order valence-corrected chi connectivity index (χ3v) is 5.26. The third kappa shape index (κ3) is 3.66. The van der Waals surface area contributed by atoms with Crippen molar-refractivity contribution in [2.24, 2.45) is 5.92 Å². The molecule has 1 aliphatic heterocycles. The highest BCUT2D eigenvalue weighted by atomic mass is 16.5. The van der Waals surface area contributed by atoms with Gasteiger partial charge in [-0.15, -0.1) is 0 Å². The number of amides is 1. The van der Waals surface area contributed by atoms with Crippen LogP contribution in [0.25, 0.3) is 0 Å². The zero-order valence-electron chi connectivity index (χ0n) is 14.3. The number of aromatic nitrogens is 1. The van der Waals surface area contributed by atoms with E-state index in [0.717, 1.165) is 31.4 Å². The predicted octanol–water partition coefficient (Wildman–Crippen LogP) is 2.15. The van der Waals surface area contributed by atoms with Gasteiger partial charge >= 0.3 is 0 Å². The number of nitrogens with zero attached hydrogens (tertiary/aromatic N) is 2. The maximum atomic E-state index is 12.6. The Kier molecular flexibility index (Phi) is 4.57. The van der Waals surface area contributed by atoms with Crippen molar-refractivity contribution < 1.29 is 9.53 Å². The Morgan fingerprint density at radius 1 is 1.57 bits per heavy atom. The molecule has 1 aromatic rings. The van der Waals surface area contributed by atoms with Crippen LogP contribution in [-0.2, 0) is 4.79 Å². The number of hydrogen-bond donors (Lipinski definition) is 1. The SMILES string of the molecule is Cc1cccnc1OCC1(NC(=O)[C@@H](C)C2CCCN2C)CC1. The Balaban J connectivity index is 1.54. The summed E-state index contributed by atoms with van der Waals surface area (Å²) in [6.45, 7) is 5.62. The van der Waals surface area contributed by atoms with E-state index in [-0.39, 0.29) is 17.4 Å². The van der Waals surface area contributed by atoms with Crippen molar-refractivity contribution in [3.63, 3.8) is 0 Å². The van der Waals surface area contributed by atoms with Crippen LogP contribution in [0.4, 0.5) is 0 Å². The van der Waals surface area contributed by atoms with E-state index in [1.54, 1.807) is 6.20 Å². The Morgan fingerprint density at radius 3 is 2.96 bits per heavy atom. The molecule has 1 aliphatic carbocycles. The van der Waals surface area contributed by atoms with Crippen LogP contribution in [0.3, 0.4) is 0 Å². The molecule has 126 valence electrons. The molecule has 23 heavy (non-hydrogen) atoms. The normalized spacial score (nSPS) is 24.2. The molecule has 0 spiro atoms. The molecule has 2 fully saturated rings. The molecular formula is C18H27N3O2. The van der Waals surface area contributed by atoms with Crippen molar-refractivity contribution >= 4 is 5.91 Å². The van der Waals surface area contributed by atoms with Crippen LogP contribution in [0.1, 0.15) is 38.2 Å². The fourth-order valence-electron chi connectivity index (χ4n) is 3.40. The molecule has 1 aromatic heterocycles. The summed E-state index contributed by atoms with van der Waals surface area (Å²) in [5, 5.41) is 3.24. The minimum atomic E-state index is -0.188. The number of carbonyl (C=O) groups is 1. The van der Waals surface area contributed by atoms with Gasteiger partial charge in [-0.2, -0.15) is 0 Å². The van der Waals surface area contributed by atoms with Gasteiger partial charge in [0, 0.05) is 17.8 Å². The lowest BCUT2D eigenvalue weighted by Crippen LogP contribution is -2.48. The molecule has 5 nitrogen and oxygen atoms in total. The van der Waals surface area contributed by atoms with Crippen LogP contribution < -0.4 is 10.1 Å². The molecule has 3 rings (SSSR count). The molecule has 0 aromatic carbocycles. The van der Waals surface area contributed by atoms with E-state index in [2.05, 4.69) is 22.2 Å². The average Bonchev–Trinajstić information content (AvgIpc) is 3.16. The van der Waals surface area contributed by atoms with Crippen LogP contribution >= 0.6 is 0 Å². The van der Waals surface area contributed by atoms with E-state index >= 15 is 0 Å². The number of pyridine rings is 1. The topological polar surface area (TPSA) is 54.5 Å². The van der Waals surface area contributed by atoms with E-state index in [4.69, 9.17) is 4.74 Å². The van der Waals surface area contributed by atoms with Gasteiger partial charge in [0.05, 0.1) is 11.5 Å². The summed E-state index contributed by atoms with van der Waals surface area (Å²) >= 11 is 0. The molecule has 2 heterocycles. The van der Waals surface area contributed by atoms with E-state index in [0.29, 0.717) is 18.5 Å². The van der Waals surface area contributed by atoms with Gasteiger partial charge in [-0.25, -0.2) is 4.98 Å². The molecule has 2 aliphatic rings. The van der Waals surface area contributed by atoms with Crippen LogP contribution in [0.15, 0.2) is 18.3 Å². The average molecular weight is 317 g/mol. The Bertz CT molecular complexity index is 571. The second-order valence-electron chi connectivity index (χ2n) is 7.16. The fraction of sp³-hybridized carbons (Fsp3) is 0.667. The quantitative estimate of drug-likeness (QED) is 0.873. The maximum Gasteiger partial charge on any atom is 0.224 e. The maximum absolute atomic E-state index is 12.6. The summed E-state index contributed by atoms with van der Waals surface area (Å²) in [5.41, 5.74) is 0.836. The summed E-state index contributed by atoms with van der Waals surface area (Å²) in [6.07, 6.45) is 6.00. The first-order valence-electron chi connectivity index (χ1n) is 8.57. The minimum absolute atomic E-state index is 0.0246. The van der Waals surface area contributed by atoms with Crippen molar-refractivity contribution in [1.29, 1.82) is 0 Å². The first-order valence-corrected chi connectivity index (χ1v) is 8.57. The third-order valence-electron chi connectivity index (χ3n) is 5.26. The Hall–Kier alpha value is -1.62. The van der Waals surface area contributed by atoms with Crippen molar-refractivity contribution in [3.05, 3.63) is 23.9 Å². The van der Waals surface area contributed by atoms with E-state index in [1.165, 1.54) is 6.42 Å². The fourth-order valence-corrected chi connectivity index (χ4v) is 3.40. The summed E-state index contributed by atoms with van der Waals surface area (Å²) in [4.78, 5) is 19.2. The van der Waals surface area contributed by atoms with Crippen molar-refractivity contribution in [2.75, 3.05) is 20.2 Å². The van der Waals surface area contributed by atoms with Gasteiger partial charge in [0.2, 0.25) is 11.8 Å². The number of nitrogens with one attached hydrogen (secondary N) is 1. The van der Waals surface area contributed by atoms with E-state index < -0.39 is 0 Å². The predicted molar refractivity (Wildman–Crippen MR) is 89.4 cm³/mol. The van der Waals surface area contributed by atoms with Gasteiger partial charge < -0.3 is 15.0 Å². The zero-order chi connectivity index (χ0) is 16.4. The lowest BCUT2D eigenvalue weighted by Gasteiger charge is -2.27. The van der Waals surface area contributed by atoms with Gasteiger partial charge in [0.15, 0.2) is 0 Å². The summed E-state index contributed by atoms with van der Waals surface area (Å²) in [7, 11) is 2.11. The van der Waals surface area contributed by atoms with Gasteiger partial charge in [-0.1, -0.05) is 13.0 Å². The number of carbonyl (C=O) groups excluding carboxylic acids is 1. The van der Waals surface area contributed by atoms with E-state index in [1.807, 2.05) is 26.0 Å². The van der Waals surface area contributed by atoms with Gasteiger partial charge in [-0.05, 0) is 52.3 Å². The summed E-state index contributed by atoms with van der Waals surface area (Å²) in [6, 6.07) is 4.25. The van der Waals surface area contributed by atoms with Crippen LogP contribution in [-0.4, -0.2) is 47.6 Å². The second kappa shape index (κ2) is 6.48. The van der Waals surface area contributed by atoms with Crippen molar-refractivity contribution in [1.82, 2.24) is 15.2 Å². The number of rotatable bonds is 6. The number of likely N-dealkylation sites (tertiary alicyclic amines) is 1. The van der Waals surface area contributed by atoms with Crippen molar-refractivity contribution in [3.8, 4) is 5.88 Å². The minimum Gasteiger partial charge on any atom is -0.475 e. The first-order chi connectivity index (χ1) is 11.0.